The summed E-state index contributed by atoms with van der Waals surface area (Å²) in [7, 11) is 1.61. The number of aromatic amines is 1. The second-order valence-corrected chi connectivity index (χ2v) is 4.71. The fourth-order valence-electron chi connectivity index (χ4n) is 2.07. The fraction of sp³-hybridized carbons (Fsp3) is 0.333. The van der Waals surface area contributed by atoms with Crippen molar-refractivity contribution in [3.63, 3.8) is 0 Å². The molecule has 0 aliphatic carbocycles. The van der Waals surface area contributed by atoms with Crippen LogP contribution < -0.4 is 15.4 Å². The Kier molecular flexibility index (Phi) is 4.94. The number of carbonyl (C=O) groups excluding carboxylic acids is 1. The minimum Gasteiger partial charge on any atom is -0.497 e. The van der Waals surface area contributed by atoms with Crippen LogP contribution in [0.2, 0.25) is 0 Å². The van der Waals surface area contributed by atoms with E-state index in [0.29, 0.717) is 18.7 Å². The maximum Gasteiger partial charge on any atom is 0.261 e. The molecule has 0 aliphatic heterocycles. The molecule has 112 valence electrons. The highest BCUT2D eigenvalue weighted by Crippen LogP contribution is 2.22. The molecule has 2 rings (SSSR count). The van der Waals surface area contributed by atoms with E-state index in [-0.39, 0.29) is 5.91 Å². The number of rotatable bonds is 6. The highest BCUT2D eigenvalue weighted by molar-refractivity contribution is 6.06. The maximum atomic E-state index is 12.7. The molecule has 3 N–H and O–H groups in total. The first-order chi connectivity index (χ1) is 10.2. The van der Waals surface area contributed by atoms with Gasteiger partial charge in [0.05, 0.1) is 18.9 Å². The third kappa shape index (κ3) is 3.41. The van der Waals surface area contributed by atoms with E-state index < -0.39 is 0 Å². The lowest BCUT2D eigenvalue weighted by atomic mass is 10.2. The highest BCUT2D eigenvalue weighted by atomic mass is 16.5. The lowest BCUT2D eigenvalue weighted by Crippen LogP contribution is -2.33. The lowest BCUT2D eigenvalue weighted by molar-refractivity contribution is 0.0986. The number of carbonyl (C=O) groups is 1. The molecule has 0 saturated carbocycles. The number of H-pyrrole nitrogens is 1. The Morgan fingerprint density at radius 1 is 1.38 bits per heavy atom. The van der Waals surface area contributed by atoms with Gasteiger partial charge in [0.15, 0.2) is 0 Å². The summed E-state index contributed by atoms with van der Waals surface area (Å²) in [4.78, 5) is 14.4. The zero-order valence-corrected chi connectivity index (χ0v) is 12.3. The predicted octanol–water partition coefficient (Wildman–Crippen LogP) is 1.72. The third-order valence-electron chi connectivity index (χ3n) is 3.28. The van der Waals surface area contributed by atoms with Crippen molar-refractivity contribution in [1.29, 1.82) is 0 Å². The Labute approximate surface area is 123 Å². The largest absolute Gasteiger partial charge is 0.497 e. The van der Waals surface area contributed by atoms with Crippen molar-refractivity contribution >= 4 is 11.6 Å². The average Bonchev–Trinajstić information content (AvgIpc) is 2.94. The van der Waals surface area contributed by atoms with Gasteiger partial charge in [-0.25, -0.2) is 0 Å². The molecule has 6 heteroatoms. The molecule has 0 unspecified atom stereocenters. The van der Waals surface area contributed by atoms with Gasteiger partial charge in [0.1, 0.15) is 5.75 Å². The van der Waals surface area contributed by atoms with E-state index in [1.165, 1.54) is 0 Å². The molecule has 1 aromatic heterocycles. The van der Waals surface area contributed by atoms with Crippen LogP contribution in [-0.4, -0.2) is 36.3 Å². The number of aromatic nitrogens is 2. The van der Waals surface area contributed by atoms with Gasteiger partial charge < -0.3 is 15.4 Å². The molecule has 1 amide bonds. The van der Waals surface area contributed by atoms with Crippen LogP contribution in [0.25, 0.3) is 0 Å². The van der Waals surface area contributed by atoms with Crippen molar-refractivity contribution < 1.29 is 9.53 Å². The molecule has 0 spiro atoms. The first-order valence-corrected chi connectivity index (χ1v) is 6.83. The summed E-state index contributed by atoms with van der Waals surface area (Å²) in [5, 5.41) is 6.70. The van der Waals surface area contributed by atoms with Crippen molar-refractivity contribution in [2.75, 3.05) is 25.1 Å². The van der Waals surface area contributed by atoms with Gasteiger partial charge in [-0.3, -0.25) is 9.89 Å². The zero-order chi connectivity index (χ0) is 15.2. The number of nitrogens with one attached hydrogen (secondary N) is 1. The van der Waals surface area contributed by atoms with Gasteiger partial charge in [-0.2, -0.15) is 5.10 Å². The monoisotopic (exact) mass is 288 g/mol. The zero-order valence-electron chi connectivity index (χ0n) is 12.3. The Morgan fingerprint density at radius 2 is 2.10 bits per heavy atom. The number of nitrogens with two attached hydrogens (primary N) is 1. The van der Waals surface area contributed by atoms with Gasteiger partial charge in [-0.1, -0.05) is 0 Å². The van der Waals surface area contributed by atoms with E-state index in [2.05, 4.69) is 10.2 Å². The van der Waals surface area contributed by atoms with E-state index in [0.717, 1.165) is 23.6 Å². The predicted molar refractivity (Wildman–Crippen MR) is 81.7 cm³/mol. The van der Waals surface area contributed by atoms with E-state index in [4.69, 9.17) is 10.5 Å². The van der Waals surface area contributed by atoms with Crippen LogP contribution >= 0.6 is 0 Å². The Bertz CT molecular complexity index is 592. The smallest absolute Gasteiger partial charge is 0.261 e. The summed E-state index contributed by atoms with van der Waals surface area (Å²) >= 11 is 0. The molecular weight excluding hydrogens is 268 g/mol. The number of amides is 1. The summed E-state index contributed by atoms with van der Waals surface area (Å²) in [6.07, 6.45) is 2.28. The van der Waals surface area contributed by atoms with Crippen LogP contribution in [-0.2, 0) is 0 Å². The molecule has 0 bridgehead atoms. The van der Waals surface area contributed by atoms with Crippen LogP contribution in [0.1, 0.15) is 22.5 Å². The molecule has 1 aromatic carbocycles. The minimum absolute atomic E-state index is 0.0835. The van der Waals surface area contributed by atoms with E-state index in [1.54, 1.807) is 18.2 Å². The standard InChI is InChI=1S/C15H20N4O2/c1-11-14(10-17-18-11)15(20)19(9-3-8-16)12-4-6-13(21-2)7-5-12/h4-7,10H,3,8-9,16H2,1-2H3,(H,17,18). The first kappa shape index (κ1) is 15.1. The summed E-state index contributed by atoms with van der Waals surface area (Å²) < 4.78 is 5.14. The number of methoxy groups -OCH3 is 1. The Balaban J connectivity index is 2.28. The Morgan fingerprint density at radius 3 is 2.62 bits per heavy atom. The number of hydrogen-bond acceptors (Lipinski definition) is 4. The van der Waals surface area contributed by atoms with E-state index >= 15 is 0 Å². The van der Waals surface area contributed by atoms with E-state index in [9.17, 15) is 4.79 Å². The average molecular weight is 288 g/mol. The molecule has 21 heavy (non-hydrogen) atoms. The summed E-state index contributed by atoms with van der Waals surface area (Å²) in [6.45, 7) is 2.92. The van der Waals surface area contributed by atoms with Crippen molar-refractivity contribution in [2.45, 2.75) is 13.3 Å². The molecule has 0 saturated heterocycles. The van der Waals surface area contributed by atoms with Crippen LogP contribution in [0.3, 0.4) is 0 Å². The topological polar surface area (TPSA) is 84.2 Å². The second kappa shape index (κ2) is 6.90. The fourth-order valence-corrected chi connectivity index (χ4v) is 2.07. The lowest BCUT2D eigenvalue weighted by Gasteiger charge is -2.22. The second-order valence-electron chi connectivity index (χ2n) is 4.71. The van der Waals surface area contributed by atoms with Crippen LogP contribution in [0.5, 0.6) is 5.75 Å². The van der Waals surface area contributed by atoms with Crippen molar-refractivity contribution in [1.82, 2.24) is 10.2 Å². The van der Waals surface area contributed by atoms with Gasteiger partial charge in [-0.15, -0.1) is 0 Å². The third-order valence-corrected chi connectivity index (χ3v) is 3.28. The molecule has 1 heterocycles. The van der Waals surface area contributed by atoms with Gasteiger partial charge in [0, 0.05) is 17.9 Å². The summed E-state index contributed by atoms with van der Waals surface area (Å²) in [6, 6.07) is 7.39. The number of benzene rings is 1. The first-order valence-electron chi connectivity index (χ1n) is 6.83. The molecule has 2 aromatic rings. The Hall–Kier alpha value is -2.34. The summed E-state index contributed by atoms with van der Waals surface area (Å²) in [5.41, 5.74) is 7.72. The number of ether oxygens (including phenoxy) is 1. The van der Waals surface area contributed by atoms with Gasteiger partial charge in [-0.05, 0) is 44.2 Å². The minimum atomic E-state index is -0.0835. The van der Waals surface area contributed by atoms with Crippen molar-refractivity contribution in [2.24, 2.45) is 5.73 Å². The highest BCUT2D eigenvalue weighted by Gasteiger charge is 2.20. The normalized spacial score (nSPS) is 10.4. The van der Waals surface area contributed by atoms with Crippen LogP contribution in [0.4, 0.5) is 5.69 Å². The number of anilines is 1. The molecular formula is C15H20N4O2. The number of hydrogen-bond donors (Lipinski definition) is 2. The van der Waals surface area contributed by atoms with Crippen LogP contribution in [0.15, 0.2) is 30.5 Å². The van der Waals surface area contributed by atoms with Gasteiger partial charge in [0.25, 0.3) is 5.91 Å². The molecule has 0 aliphatic rings. The molecule has 6 nitrogen and oxygen atoms in total. The summed E-state index contributed by atoms with van der Waals surface area (Å²) in [5.74, 6) is 0.671. The quantitative estimate of drug-likeness (QED) is 0.847. The van der Waals surface area contributed by atoms with E-state index in [1.807, 2.05) is 31.2 Å². The van der Waals surface area contributed by atoms with Crippen LogP contribution in [0, 0.1) is 6.92 Å². The maximum absolute atomic E-state index is 12.7. The van der Waals surface area contributed by atoms with Crippen molar-refractivity contribution in [3.05, 3.63) is 41.7 Å². The van der Waals surface area contributed by atoms with Gasteiger partial charge >= 0.3 is 0 Å². The number of nitrogens with zero attached hydrogens (tertiary/aromatic N) is 2. The molecule has 0 atom stereocenters. The number of aryl methyl sites for hydroxylation is 1. The SMILES string of the molecule is COc1ccc(N(CCCN)C(=O)c2cn[nH]c2C)cc1. The van der Waals surface area contributed by atoms with Crippen molar-refractivity contribution in [3.8, 4) is 5.75 Å². The molecule has 0 radical (unpaired) electrons. The van der Waals surface area contributed by atoms with Gasteiger partial charge in [0.2, 0.25) is 0 Å². The molecule has 0 fully saturated rings.